The Labute approximate surface area is 198 Å². The second-order valence-electron chi connectivity index (χ2n) is 7.86. The zero-order valence-corrected chi connectivity index (χ0v) is 19.8. The summed E-state index contributed by atoms with van der Waals surface area (Å²) in [6, 6.07) is 4.58. The molecule has 1 fully saturated rings. The Morgan fingerprint density at radius 3 is 2.41 bits per heavy atom. The van der Waals surface area contributed by atoms with Crippen molar-refractivity contribution in [3.63, 3.8) is 0 Å². The highest BCUT2D eigenvalue weighted by Crippen LogP contribution is 2.35. The Morgan fingerprint density at radius 1 is 1.12 bits per heavy atom. The first kappa shape index (κ1) is 26.7. The molecular formula is C24H29NO9. The molecule has 0 spiro atoms. The van der Waals surface area contributed by atoms with E-state index in [0.29, 0.717) is 5.56 Å². The van der Waals surface area contributed by atoms with E-state index >= 15 is 0 Å². The van der Waals surface area contributed by atoms with Crippen molar-refractivity contribution in [3.05, 3.63) is 29.3 Å². The molecule has 1 N–H and O–H groups in total. The summed E-state index contributed by atoms with van der Waals surface area (Å²) >= 11 is 0. The number of benzene rings is 1. The summed E-state index contributed by atoms with van der Waals surface area (Å²) in [5.41, 5.74) is 0.620. The minimum Gasteiger partial charge on any atom is -0.467 e. The van der Waals surface area contributed by atoms with Crippen molar-refractivity contribution in [2.75, 3.05) is 13.7 Å². The number of carbonyl (C=O) groups is 4. The number of carbonyl (C=O) groups excluding carboxylic acids is 4. The lowest BCUT2D eigenvalue weighted by Crippen LogP contribution is -2.55. The first-order valence-electron chi connectivity index (χ1n) is 10.6. The summed E-state index contributed by atoms with van der Waals surface area (Å²) in [5, 5.41) is 2.55. The van der Waals surface area contributed by atoms with Crippen molar-refractivity contribution in [3.8, 4) is 18.1 Å². The molecule has 2 rings (SSSR count). The van der Waals surface area contributed by atoms with Crippen molar-refractivity contribution < 1.29 is 42.9 Å². The van der Waals surface area contributed by atoms with Gasteiger partial charge in [-0.2, -0.15) is 0 Å². The monoisotopic (exact) mass is 475 g/mol. The van der Waals surface area contributed by atoms with Crippen LogP contribution in [-0.4, -0.2) is 56.0 Å². The van der Waals surface area contributed by atoms with Gasteiger partial charge in [-0.1, -0.05) is 25.8 Å². The van der Waals surface area contributed by atoms with Gasteiger partial charge in [-0.3, -0.25) is 14.4 Å². The molecule has 1 heterocycles. The second kappa shape index (κ2) is 12.0. The molecule has 0 aromatic heterocycles. The summed E-state index contributed by atoms with van der Waals surface area (Å²) in [4.78, 5) is 47.9. The molecule has 0 saturated carbocycles. The molecule has 1 saturated heterocycles. The van der Waals surface area contributed by atoms with Crippen LogP contribution >= 0.6 is 0 Å². The van der Waals surface area contributed by atoms with Crippen LogP contribution in [0.2, 0.25) is 0 Å². The molecule has 1 amide bonds. The molecule has 10 nitrogen and oxygen atoms in total. The van der Waals surface area contributed by atoms with Gasteiger partial charge in [0.15, 0.2) is 12.2 Å². The van der Waals surface area contributed by atoms with Crippen molar-refractivity contribution in [2.24, 2.45) is 11.8 Å². The van der Waals surface area contributed by atoms with Gasteiger partial charge in [-0.05, 0) is 23.6 Å². The number of hydrogen-bond acceptors (Lipinski definition) is 9. The molecule has 0 bridgehead atoms. The van der Waals surface area contributed by atoms with Gasteiger partial charge in [0, 0.05) is 19.8 Å². The normalized spacial score (nSPS) is 23.7. The van der Waals surface area contributed by atoms with E-state index in [4.69, 9.17) is 30.1 Å². The summed E-state index contributed by atoms with van der Waals surface area (Å²) in [6.07, 6.45) is 2.19. The quantitative estimate of drug-likeness (QED) is 0.339. The van der Waals surface area contributed by atoms with Gasteiger partial charge in [0.2, 0.25) is 6.29 Å². The lowest BCUT2D eigenvalue weighted by atomic mass is 9.83. The maximum Gasteiger partial charge on any atom is 0.335 e. The summed E-state index contributed by atoms with van der Waals surface area (Å²) in [6.45, 7) is 6.02. The molecule has 0 unspecified atom stereocenters. The van der Waals surface area contributed by atoms with Gasteiger partial charge in [0.25, 0.3) is 5.91 Å². The van der Waals surface area contributed by atoms with Gasteiger partial charge in [0.05, 0.1) is 19.2 Å². The summed E-state index contributed by atoms with van der Waals surface area (Å²) < 4.78 is 27.1. The van der Waals surface area contributed by atoms with E-state index in [1.165, 1.54) is 33.1 Å². The molecule has 1 aliphatic heterocycles. The van der Waals surface area contributed by atoms with Gasteiger partial charge in [-0.15, -0.1) is 6.42 Å². The zero-order valence-electron chi connectivity index (χ0n) is 19.8. The van der Waals surface area contributed by atoms with E-state index in [-0.39, 0.29) is 36.3 Å². The number of methoxy groups -OCH3 is 1. The SMILES string of the molecule is C#CCNC(=O)c1cc(COC(C)=O)ccc1O[C@@H]1O[C@H](C(=O)OC)[C@@H](C)[C@H](C)[C@H]1OC(C)=O. The number of nitrogens with one attached hydrogen (secondary N) is 1. The molecule has 34 heavy (non-hydrogen) atoms. The molecule has 1 aliphatic rings. The van der Waals surface area contributed by atoms with Gasteiger partial charge < -0.3 is 29.0 Å². The average Bonchev–Trinajstić information content (AvgIpc) is 2.80. The Hall–Kier alpha value is -3.58. The van der Waals surface area contributed by atoms with E-state index in [2.05, 4.69) is 11.2 Å². The lowest BCUT2D eigenvalue weighted by molar-refractivity contribution is -0.248. The topological polar surface area (TPSA) is 126 Å². The number of esters is 3. The fourth-order valence-corrected chi connectivity index (χ4v) is 3.49. The molecular weight excluding hydrogens is 446 g/mol. The third-order valence-electron chi connectivity index (χ3n) is 5.43. The average molecular weight is 475 g/mol. The number of rotatable bonds is 8. The van der Waals surface area contributed by atoms with E-state index in [1.807, 2.05) is 0 Å². The van der Waals surface area contributed by atoms with Crippen molar-refractivity contribution in [1.82, 2.24) is 5.32 Å². The molecule has 184 valence electrons. The van der Waals surface area contributed by atoms with Crippen LogP contribution in [-0.2, 0) is 39.9 Å². The highest BCUT2D eigenvalue weighted by molar-refractivity contribution is 5.97. The zero-order chi connectivity index (χ0) is 25.4. The molecule has 10 heteroatoms. The predicted molar refractivity (Wildman–Crippen MR) is 118 cm³/mol. The van der Waals surface area contributed by atoms with Crippen LogP contribution in [0.5, 0.6) is 5.75 Å². The van der Waals surface area contributed by atoms with Crippen LogP contribution < -0.4 is 10.1 Å². The van der Waals surface area contributed by atoms with Crippen molar-refractivity contribution >= 4 is 23.8 Å². The number of hydrogen-bond donors (Lipinski definition) is 1. The molecule has 0 aliphatic carbocycles. The first-order chi connectivity index (χ1) is 16.1. The van der Waals surface area contributed by atoms with Crippen LogP contribution in [0.15, 0.2) is 18.2 Å². The summed E-state index contributed by atoms with van der Waals surface area (Å²) in [5.74, 6) is -0.450. The Bertz CT molecular complexity index is 968. The van der Waals surface area contributed by atoms with E-state index in [9.17, 15) is 19.2 Å². The van der Waals surface area contributed by atoms with E-state index < -0.39 is 42.3 Å². The highest BCUT2D eigenvalue weighted by atomic mass is 16.7. The van der Waals surface area contributed by atoms with Gasteiger partial charge in [-0.25, -0.2) is 4.79 Å². The maximum absolute atomic E-state index is 12.8. The number of amides is 1. The lowest BCUT2D eigenvalue weighted by Gasteiger charge is -2.42. The Kier molecular flexibility index (Phi) is 9.45. The molecule has 1 aromatic rings. The smallest absolute Gasteiger partial charge is 0.335 e. The van der Waals surface area contributed by atoms with Crippen LogP contribution in [0.1, 0.15) is 43.6 Å². The number of terminal acetylenes is 1. The van der Waals surface area contributed by atoms with Crippen molar-refractivity contribution in [1.29, 1.82) is 0 Å². The van der Waals surface area contributed by atoms with E-state index in [1.54, 1.807) is 19.9 Å². The van der Waals surface area contributed by atoms with Crippen molar-refractivity contribution in [2.45, 2.75) is 52.8 Å². The fraction of sp³-hybridized carbons (Fsp3) is 0.500. The fourth-order valence-electron chi connectivity index (χ4n) is 3.49. The third kappa shape index (κ3) is 6.71. The van der Waals surface area contributed by atoms with Crippen LogP contribution in [0.25, 0.3) is 0 Å². The van der Waals surface area contributed by atoms with Gasteiger partial charge in [0.1, 0.15) is 12.4 Å². The molecule has 1 aromatic carbocycles. The second-order valence-corrected chi connectivity index (χ2v) is 7.86. The van der Waals surface area contributed by atoms with Crippen LogP contribution in [0, 0.1) is 24.2 Å². The minimum absolute atomic E-state index is 0.0264. The molecule has 5 atom stereocenters. The largest absolute Gasteiger partial charge is 0.467 e. The minimum atomic E-state index is -1.21. The number of ether oxygens (including phenoxy) is 5. The third-order valence-corrected chi connectivity index (χ3v) is 5.43. The first-order valence-corrected chi connectivity index (χ1v) is 10.6. The standard InChI is InChI=1S/C24H29NO9/c1-7-10-25-22(28)18-11-17(12-31-15(4)26)8-9-19(18)33-24-21(32-16(5)27)14(3)13(2)20(34-24)23(29)30-6/h1,8-9,11,13-14,20-21,24H,10,12H2,2-6H3,(H,25,28)/t13-,14-,20-,21+,24+/m0/s1. The highest BCUT2D eigenvalue weighted by Gasteiger charge is 2.48. The summed E-state index contributed by atoms with van der Waals surface area (Å²) in [7, 11) is 1.24. The Morgan fingerprint density at radius 2 is 1.82 bits per heavy atom. The van der Waals surface area contributed by atoms with Crippen LogP contribution in [0.3, 0.4) is 0 Å². The van der Waals surface area contributed by atoms with Gasteiger partial charge >= 0.3 is 17.9 Å². The molecule has 0 radical (unpaired) electrons. The maximum atomic E-state index is 12.8. The Balaban J connectivity index is 2.42. The van der Waals surface area contributed by atoms with Crippen LogP contribution in [0.4, 0.5) is 0 Å². The van der Waals surface area contributed by atoms with E-state index in [0.717, 1.165) is 0 Å². The predicted octanol–water partition coefficient (Wildman–Crippen LogP) is 1.59.